The van der Waals surface area contributed by atoms with Crippen LogP contribution in [0.4, 0.5) is 0 Å². The van der Waals surface area contributed by atoms with Crippen LogP contribution in [0, 0.1) is 0 Å². The first kappa shape index (κ1) is 20.2. The molecule has 0 aromatic heterocycles. The van der Waals surface area contributed by atoms with Crippen molar-refractivity contribution < 1.29 is 18.9 Å². The van der Waals surface area contributed by atoms with Gasteiger partial charge in [0.05, 0.1) is 18.1 Å². The van der Waals surface area contributed by atoms with E-state index in [1.165, 1.54) is 0 Å². The maximum atomic E-state index is 5.14. The van der Waals surface area contributed by atoms with Gasteiger partial charge in [-0.3, -0.25) is 0 Å². The largest absolute Gasteiger partial charge is 0.356 e. The first-order valence-electron chi connectivity index (χ1n) is 7.33. The van der Waals surface area contributed by atoms with Crippen LogP contribution in [-0.2, 0) is 18.9 Å². The molecule has 0 aliphatic rings. The third-order valence-electron chi connectivity index (χ3n) is 3.25. The summed E-state index contributed by atoms with van der Waals surface area (Å²) in [6.07, 6.45) is 3.02. The molecule has 0 aliphatic heterocycles. The minimum atomic E-state index is -0.168. The van der Waals surface area contributed by atoms with Gasteiger partial charge in [0.25, 0.3) is 0 Å². The zero-order valence-electron chi connectivity index (χ0n) is 14.2. The van der Waals surface area contributed by atoms with E-state index in [2.05, 4.69) is 16.0 Å². The molecule has 0 spiro atoms. The van der Waals surface area contributed by atoms with Gasteiger partial charge in [0.1, 0.15) is 0 Å². The third-order valence-corrected chi connectivity index (χ3v) is 3.25. The number of methoxy groups -OCH3 is 4. The van der Waals surface area contributed by atoms with Crippen LogP contribution in [0.25, 0.3) is 0 Å². The van der Waals surface area contributed by atoms with E-state index in [4.69, 9.17) is 18.9 Å². The van der Waals surface area contributed by atoms with Gasteiger partial charge in [0.2, 0.25) is 0 Å². The lowest BCUT2D eigenvalue weighted by atomic mass is 10.2. The van der Waals surface area contributed by atoms with E-state index >= 15 is 0 Å². The number of hydrogen-bond donors (Lipinski definition) is 0. The Hall–Kier alpha value is -0.780. The standard InChI is InChI=1S/C15H30N2O4/c1-12(7-9-14(18-3)19-4)16-11-17-13(2)8-10-15(20-5)21-6/h12-15H,7-10H2,1-6H3. The topological polar surface area (TPSA) is 61.6 Å². The third kappa shape index (κ3) is 10.6. The van der Waals surface area contributed by atoms with Gasteiger partial charge in [-0.1, -0.05) is 0 Å². The summed E-state index contributed by atoms with van der Waals surface area (Å²) >= 11 is 0. The zero-order chi connectivity index (χ0) is 16.1. The summed E-state index contributed by atoms with van der Waals surface area (Å²) in [4.78, 5) is 8.56. The van der Waals surface area contributed by atoms with Crippen molar-refractivity contribution in [2.45, 2.75) is 64.2 Å². The molecule has 0 aliphatic carbocycles. The van der Waals surface area contributed by atoms with Crippen molar-refractivity contribution in [2.24, 2.45) is 9.98 Å². The fourth-order valence-electron chi connectivity index (χ4n) is 1.78. The second-order valence-electron chi connectivity index (χ2n) is 5.01. The lowest BCUT2D eigenvalue weighted by Gasteiger charge is -2.14. The van der Waals surface area contributed by atoms with Crippen molar-refractivity contribution in [3.8, 4) is 0 Å². The van der Waals surface area contributed by atoms with E-state index in [1.807, 2.05) is 13.8 Å². The maximum absolute atomic E-state index is 5.14. The fourth-order valence-corrected chi connectivity index (χ4v) is 1.78. The Morgan fingerprint density at radius 1 is 0.667 bits per heavy atom. The molecule has 2 unspecified atom stereocenters. The van der Waals surface area contributed by atoms with E-state index in [0.717, 1.165) is 25.7 Å². The van der Waals surface area contributed by atoms with Crippen LogP contribution in [0.5, 0.6) is 0 Å². The summed E-state index contributed by atoms with van der Waals surface area (Å²) in [5.41, 5.74) is 0. The predicted octanol–water partition coefficient (Wildman–Crippen LogP) is 2.74. The number of hydrogen-bond acceptors (Lipinski definition) is 6. The van der Waals surface area contributed by atoms with E-state index in [-0.39, 0.29) is 24.7 Å². The first-order valence-corrected chi connectivity index (χ1v) is 7.33. The van der Waals surface area contributed by atoms with Crippen molar-refractivity contribution >= 4 is 6.01 Å². The summed E-state index contributed by atoms with van der Waals surface area (Å²) in [5, 5.41) is 0. The Bertz CT molecular complexity index is 272. The molecular weight excluding hydrogens is 272 g/mol. The van der Waals surface area contributed by atoms with Gasteiger partial charge >= 0.3 is 0 Å². The number of aliphatic imine (C=N–C) groups is 2. The van der Waals surface area contributed by atoms with Crippen LogP contribution in [0.2, 0.25) is 0 Å². The van der Waals surface area contributed by atoms with Gasteiger partial charge in [0.15, 0.2) is 12.6 Å². The van der Waals surface area contributed by atoms with E-state index in [0.29, 0.717) is 0 Å². The van der Waals surface area contributed by atoms with Gasteiger partial charge in [-0.2, -0.15) is 0 Å². The smallest absolute Gasteiger partial charge is 0.156 e. The van der Waals surface area contributed by atoms with Crippen molar-refractivity contribution in [1.29, 1.82) is 0 Å². The van der Waals surface area contributed by atoms with E-state index in [9.17, 15) is 0 Å². The monoisotopic (exact) mass is 302 g/mol. The Balaban J connectivity index is 4.02. The molecule has 0 rings (SSSR count). The lowest BCUT2D eigenvalue weighted by Crippen LogP contribution is -2.15. The molecule has 0 saturated carbocycles. The number of rotatable bonds is 12. The average molecular weight is 302 g/mol. The molecule has 6 heteroatoms. The number of nitrogens with zero attached hydrogens (tertiary/aromatic N) is 2. The van der Waals surface area contributed by atoms with Crippen molar-refractivity contribution in [1.82, 2.24) is 0 Å². The molecule has 21 heavy (non-hydrogen) atoms. The molecule has 124 valence electrons. The van der Waals surface area contributed by atoms with Crippen LogP contribution in [0.1, 0.15) is 39.5 Å². The highest BCUT2D eigenvalue weighted by Gasteiger charge is 2.08. The summed E-state index contributed by atoms with van der Waals surface area (Å²) in [6.45, 7) is 4.06. The molecule has 0 fully saturated rings. The predicted molar refractivity (Wildman–Crippen MR) is 82.9 cm³/mol. The minimum Gasteiger partial charge on any atom is -0.356 e. The van der Waals surface area contributed by atoms with E-state index in [1.54, 1.807) is 28.4 Å². The van der Waals surface area contributed by atoms with Crippen LogP contribution in [-0.4, -0.2) is 59.1 Å². The maximum Gasteiger partial charge on any atom is 0.156 e. The molecule has 0 radical (unpaired) electrons. The van der Waals surface area contributed by atoms with Gasteiger partial charge < -0.3 is 18.9 Å². The summed E-state index contributed by atoms with van der Waals surface area (Å²) in [6, 6.07) is 3.10. The lowest BCUT2D eigenvalue weighted by molar-refractivity contribution is -0.107. The van der Waals surface area contributed by atoms with Crippen LogP contribution >= 0.6 is 0 Å². The second kappa shape index (κ2) is 12.9. The average Bonchev–Trinajstić information content (AvgIpc) is 2.49. The zero-order valence-corrected chi connectivity index (χ0v) is 14.2. The first-order chi connectivity index (χ1) is 10.1. The molecule has 0 aromatic carbocycles. The van der Waals surface area contributed by atoms with Gasteiger partial charge in [-0.25, -0.2) is 9.98 Å². The molecule has 0 heterocycles. The second-order valence-corrected chi connectivity index (χ2v) is 5.01. The van der Waals surface area contributed by atoms with E-state index < -0.39 is 0 Å². The molecule has 6 nitrogen and oxygen atoms in total. The van der Waals surface area contributed by atoms with Crippen LogP contribution < -0.4 is 0 Å². The molecule has 0 saturated heterocycles. The van der Waals surface area contributed by atoms with Crippen molar-refractivity contribution in [3.05, 3.63) is 0 Å². The summed E-state index contributed by atoms with van der Waals surface area (Å²) in [5.74, 6) is 0. The SMILES string of the molecule is COC(CCC(C)N=C=NC(C)CCC(OC)OC)OC. The normalized spacial score (nSPS) is 14.1. The molecule has 0 amide bonds. The number of ether oxygens (including phenoxy) is 4. The Morgan fingerprint density at radius 3 is 1.29 bits per heavy atom. The van der Waals surface area contributed by atoms with Gasteiger partial charge in [-0.05, 0) is 26.7 Å². The Morgan fingerprint density at radius 2 is 1.00 bits per heavy atom. The van der Waals surface area contributed by atoms with Gasteiger partial charge in [0, 0.05) is 41.3 Å². The molecule has 0 bridgehead atoms. The highest BCUT2D eigenvalue weighted by atomic mass is 16.7. The Kier molecular flexibility index (Phi) is 12.4. The molecule has 2 atom stereocenters. The molecule has 0 N–H and O–H groups in total. The highest BCUT2D eigenvalue weighted by molar-refractivity contribution is 5.41. The summed E-state index contributed by atoms with van der Waals surface area (Å²) in [7, 11) is 6.55. The highest BCUT2D eigenvalue weighted by Crippen LogP contribution is 2.08. The van der Waals surface area contributed by atoms with Crippen molar-refractivity contribution in [2.75, 3.05) is 28.4 Å². The fraction of sp³-hybridized carbons (Fsp3) is 0.933. The summed E-state index contributed by atoms with van der Waals surface area (Å²) < 4.78 is 20.5. The quantitative estimate of drug-likeness (QED) is 0.411. The van der Waals surface area contributed by atoms with Crippen LogP contribution in [0.15, 0.2) is 9.98 Å². The van der Waals surface area contributed by atoms with Gasteiger partial charge in [-0.15, -0.1) is 0 Å². The minimum absolute atomic E-state index is 0.152. The van der Waals surface area contributed by atoms with Crippen LogP contribution in [0.3, 0.4) is 0 Å². The Labute approximate surface area is 128 Å². The molecule has 0 aromatic rings. The van der Waals surface area contributed by atoms with Crippen molar-refractivity contribution in [3.63, 3.8) is 0 Å². The molecular formula is C15H30N2O4.